The Morgan fingerprint density at radius 1 is 0.700 bits per heavy atom. The summed E-state index contributed by atoms with van der Waals surface area (Å²) in [6.45, 7) is 0. The molecule has 0 aliphatic rings. The van der Waals surface area contributed by atoms with Crippen molar-refractivity contribution < 1.29 is 276 Å². The molecule has 10 heavy (non-hydrogen) atoms. The van der Waals surface area contributed by atoms with Crippen molar-refractivity contribution in [3.05, 3.63) is 0 Å². The third-order valence-corrected chi connectivity index (χ3v) is 0. The van der Waals surface area contributed by atoms with E-state index in [4.69, 9.17) is 19.2 Å². The van der Waals surface area contributed by atoms with E-state index < -0.39 is 7.82 Å². The average Bonchev–Trinajstić information content (AvgIpc) is 0.722. The van der Waals surface area contributed by atoms with Crippen LogP contribution in [-0.2, 0) is 4.57 Å². The summed E-state index contributed by atoms with van der Waals surface area (Å²) in [6, 6.07) is 0. The molecule has 0 amide bonds. The fourth-order valence-corrected chi connectivity index (χ4v) is 0. The third-order valence-electron chi connectivity index (χ3n) is 0. The summed E-state index contributed by atoms with van der Waals surface area (Å²) in [5, 5.41) is 0. The van der Waals surface area contributed by atoms with E-state index in [9.17, 15) is 0 Å². The minimum atomic E-state index is -4.64. The van der Waals surface area contributed by atoms with Crippen LogP contribution in [0.4, 0.5) is 0 Å². The molecule has 0 fully saturated rings. The summed E-state index contributed by atoms with van der Waals surface area (Å²) in [4.78, 5) is 21.6. The van der Waals surface area contributed by atoms with E-state index in [0.717, 1.165) is 0 Å². The zero-order chi connectivity index (χ0) is 4.50. The van der Waals surface area contributed by atoms with Crippen molar-refractivity contribution >= 4 is 7.82 Å². The molecule has 0 aliphatic carbocycles. The summed E-state index contributed by atoms with van der Waals surface area (Å²) in [5.41, 5.74) is 0. The van der Waals surface area contributed by atoms with Gasteiger partial charge in [-0.2, -0.15) is 0 Å². The fourth-order valence-electron chi connectivity index (χ4n) is 0. The van der Waals surface area contributed by atoms with E-state index in [2.05, 4.69) is 0 Å². The number of phosphoric acid groups is 1. The quantitative estimate of drug-likeness (QED) is 0.306. The SMILES string of the molecule is O=P(O)(O)O.[K+].[K+].[K+].[K+].[K+]. The Kier molecular flexibility index (Phi) is 81.3. The van der Waals surface area contributed by atoms with Gasteiger partial charge >= 0.3 is 265 Å². The summed E-state index contributed by atoms with van der Waals surface area (Å²) in [6.07, 6.45) is 0. The largest absolute Gasteiger partial charge is 1.00 e. The first kappa shape index (κ1) is 36.2. The van der Waals surface area contributed by atoms with Crippen LogP contribution in [0.15, 0.2) is 0 Å². The van der Waals surface area contributed by atoms with Crippen LogP contribution in [0, 0.1) is 0 Å². The number of rotatable bonds is 0. The normalized spacial score (nSPS) is 5.90. The van der Waals surface area contributed by atoms with Gasteiger partial charge in [-0.25, -0.2) is 4.57 Å². The zero-order valence-electron chi connectivity index (χ0n) is 7.20. The van der Waals surface area contributed by atoms with E-state index in [1.165, 1.54) is 0 Å². The van der Waals surface area contributed by atoms with Crippen LogP contribution in [0.25, 0.3) is 0 Å². The summed E-state index contributed by atoms with van der Waals surface area (Å²) in [5.74, 6) is 0. The van der Waals surface area contributed by atoms with Crippen molar-refractivity contribution in [1.29, 1.82) is 0 Å². The van der Waals surface area contributed by atoms with Crippen LogP contribution in [0.2, 0.25) is 0 Å². The standard InChI is InChI=1S/5K.H3O4P/c;;;;;1-5(2,3)4/h;;;;;(H3,1,2,3,4)/q5*+1;. The molecule has 10 heteroatoms. The maximum Gasteiger partial charge on any atom is 1.00 e. The van der Waals surface area contributed by atoms with Gasteiger partial charge in [-0.3, -0.25) is 0 Å². The molecule has 0 heterocycles. The second kappa shape index (κ2) is 22.5. The second-order valence-corrected chi connectivity index (χ2v) is 1.54. The van der Waals surface area contributed by atoms with Crippen molar-refractivity contribution in [2.45, 2.75) is 0 Å². The van der Waals surface area contributed by atoms with Gasteiger partial charge in [0, 0.05) is 0 Å². The molecule has 0 aromatic heterocycles. The molecule has 0 atom stereocenters. The molecular weight excluding hydrogens is 290 g/mol. The summed E-state index contributed by atoms with van der Waals surface area (Å²) < 4.78 is 8.88. The van der Waals surface area contributed by atoms with E-state index in [1.807, 2.05) is 0 Å². The first-order chi connectivity index (χ1) is 2.00. The van der Waals surface area contributed by atoms with Gasteiger partial charge in [-0.1, -0.05) is 0 Å². The molecule has 0 radical (unpaired) electrons. The van der Waals surface area contributed by atoms with Crippen LogP contribution in [0.5, 0.6) is 0 Å². The van der Waals surface area contributed by atoms with E-state index in [1.54, 1.807) is 0 Å². The minimum absolute atomic E-state index is 0. The second-order valence-electron chi connectivity index (χ2n) is 0.513. The molecular formula is H3K5O4P+5. The van der Waals surface area contributed by atoms with Gasteiger partial charge in [0.2, 0.25) is 0 Å². The Hall–Kier alpha value is 8.29. The molecule has 0 spiro atoms. The van der Waals surface area contributed by atoms with Crippen molar-refractivity contribution in [2.24, 2.45) is 0 Å². The topological polar surface area (TPSA) is 77.8 Å². The van der Waals surface area contributed by atoms with Gasteiger partial charge in [0.05, 0.1) is 0 Å². The van der Waals surface area contributed by atoms with Crippen LogP contribution in [-0.4, -0.2) is 14.7 Å². The molecule has 0 bridgehead atoms. The molecule has 0 saturated heterocycles. The van der Waals surface area contributed by atoms with Crippen molar-refractivity contribution in [1.82, 2.24) is 0 Å². The summed E-state index contributed by atoms with van der Waals surface area (Å²) in [7, 11) is -4.64. The van der Waals surface area contributed by atoms with Crippen LogP contribution < -0.4 is 257 Å². The minimum Gasteiger partial charge on any atom is -0.303 e. The smallest absolute Gasteiger partial charge is 0.303 e. The maximum absolute atomic E-state index is 8.88. The molecule has 0 saturated carbocycles. The van der Waals surface area contributed by atoms with Gasteiger partial charge in [0.15, 0.2) is 0 Å². The molecule has 0 rings (SSSR count). The van der Waals surface area contributed by atoms with E-state index in [0.29, 0.717) is 0 Å². The predicted molar refractivity (Wildman–Crippen MR) is 14.3 cm³/mol. The number of hydrogen-bond donors (Lipinski definition) is 3. The Morgan fingerprint density at radius 3 is 0.700 bits per heavy atom. The van der Waals surface area contributed by atoms with Gasteiger partial charge in [0.25, 0.3) is 0 Å². The fraction of sp³-hybridized carbons (Fsp3) is 0. The molecule has 0 unspecified atom stereocenters. The van der Waals surface area contributed by atoms with E-state index >= 15 is 0 Å². The van der Waals surface area contributed by atoms with Crippen molar-refractivity contribution in [3.63, 3.8) is 0 Å². The maximum atomic E-state index is 8.88. The Balaban J connectivity index is -0.00000000800. The van der Waals surface area contributed by atoms with Gasteiger partial charge in [0.1, 0.15) is 0 Å². The van der Waals surface area contributed by atoms with Crippen molar-refractivity contribution in [3.8, 4) is 0 Å². The average molecular weight is 293 g/mol. The Bertz CT molecular complexity index is 59.8. The molecule has 0 aliphatic heterocycles. The van der Waals surface area contributed by atoms with Crippen LogP contribution >= 0.6 is 7.82 Å². The van der Waals surface area contributed by atoms with Crippen molar-refractivity contribution in [2.75, 3.05) is 0 Å². The Morgan fingerprint density at radius 2 is 0.700 bits per heavy atom. The van der Waals surface area contributed by atoms with Gasteiger partial charge in [-0.15, -0.1) is 0 Å². The first-order valence-corrected chi connectivity index (χ1v) is 2.35. The molecule has 0 aromatic rings. The molecule has 32 valence electrons. The van der Waals surface area contributed by atoms with Crippen LogP contribution in [0.3, 0.4) is 0 Å². The predicted octanol–water partition coefficient (Wildman–Crippen LogP) is -15.9. The molecule has 4 nitrogen and oxygen atoms in total. The van der Waals surface area contributed by atoms with Gasteiger partial charge < -0.3 is 14.7 Å². The molecule has 3 N–H and O–H groups in total. The first-order valence-electron chi connectivity index (χ1n) is 0.783. The zero-order valence-corrected chi connectivity index (χ0v) is 23.7. The van der Waals surface area contributed by atoms with E-state index in [-0.39, 0.29) is 257 Å². The monoisotopic (exact) mass is 293 g/mol. The van der Waals surface area contributed by atoms with Gasteiger partial charge in [-0.05, 0) is 0 Å². The molecule has 0 aromatic carbocycles. The number of hydrogen-bond acceptors (Lipinski definition) is 1. The summed E-state index contributed by atoms with van der Waals surface area (Å²) >= 11 is 0. The third kappa shape index (κ3) is 55.4. The van der Waals surface area contributed by atoms with Crippen LogP contribution in [0.1, 0.15) is 0 Å². The Labute approximate surface area is 273 Å².